The normalized spacial score (nSPS) is 20.8. The lowest BCUT2D eigenvalue weighted by Crippen LogP contribution is -2.44. The van der Waals surface area contributed by atoms with E-state index in [4.69, 9.17) is 4.74 Å². The highest BCUT2D eigenvalue weighted by molar-refractivity contribution is 9.10. The van der Waals surface area contributed by atoms with Crippen LogP contribution in [-0.4, -0.2) is 36.8 Å². The standard InChI is InChI=1S/C15H15Br2NO3/c16-8-15(3-5-21-6-4-15)9-18-12-7-10(17)1-2-11(12)13(19)14(18)20/h1-2,7H,3-6,8-9H2. The smallest absolute Gasteiger partial charge is 0.299 e. The minimum atomic E-state index is -0.421. The number of nitrogens with zero attached hydrogens (tertiary/aromatic N) is 1. The molecule has 0 aliphatic carbocycles. The molecule has 4 nitrogen and oxygen atoms in total. The molecule has 6 heteroatoms. The van der Waals surface area contributed by atoms with Crippen molar-refractivity contribution in [2.45, 2.75) is 12.8 Å². The monoisotopic (exact) mass is 415 g/mol. The average molecular weight is 417 g/mol. The molecule has 1 aromatic carbocycles. The molecule has 1 aromatic rings. The molecule has 0 atom stereocenters. The Hall–Kier alpha value is -0.720. The van der Waals surface area contributed by atoms with Crippen molar-refractivity contribution >= 4 is 49.2 Å². The van der Waals surface area contributed by atoms with Gasteiger partial charge in [0.25, 0.3) is 11.7 Å². The lowest BCUT2D eigenvalue weighted by Gasteiger charge is -2.38. The van der Waals surface area contributed by atoms with Gasteiger partial charge in [-0.05, 0) is 31.0 Å². The van der Waals surface area contributed by atoms with Crippen molar-refractivity contribution in [1.29, 1.82) is 0 Å². The van der Waals surface area contributed by atoms with E-state index in [2.05, 4.69) is 31.9 Å². The molecule has 1 fully saturated rings. The van der Waals surface area contributed by atoms with E-state index in [9.17, 15) is 9.59 Å². The second kappa shape index (κ2) is 5.82. The van der Waals surface area contributed by atoms with E-state index in [0.717, 1.165) is 22.6 Å². The highest BCUT2D eigenvalue weighted by Gasteiger charge is 2.42. The number of carbonyl (C=O) groups excluding carboxylic acids is 2. The molecule has 0 radical (unpaired) electrons. The van der Waals surface area contributed by atoms with Crippen LogP contribution in [0.4, 0.5) is 5.69 Å². The quantitative estimate of drug-likeness (QED) is 0.561. The Balaban J connectivity index is 1.94. The number of ketones is 1. The van der Waals surface area contributed by atoms with Gasteiger partial charge in [-0.15, -0.1) is 0 Å². The number of amides is 1. The molecule has 0 saturated carbocycles. The fourth-order valence-electron chi connectivity index (χ4n) is 2.90. The van der Waals surface area contributed by atoms with Crippen molar-refractivity contribution in [3.8, 4) is 0 Å². The maximum atomic E-state index is 12.3. The first kappa shape index (κ1) is 15.2. The molecule has 21 heavy (non-hydrogen) atoms. The Morgan fingerprint density at radius 2 is 1.95 bits per heavy atom. The van der Waals surface area contributed by atoms with Gasteiger partial charge in [-0.2, -0.15) is 0 Å². The van der Waals surface area contributed by atoms with E-state index >= 15 is 0 Å². The summed E-state index contributed by atoms with van der Waals surface area (Å²) in [5, 5.41) is 0.796. The second-order valence-corrected chi connectivity index (χ2v) is 7.10. The molecule has 0 bridgehead atoms. The number of hydrogen-bond donors (Lipinski definition) is 0. The van der Waals surface area contributed by atoms with Gasteiger partial charge in [0.05, 0.1) is 11.3 Å². The molecule has 0 aromatic heterocycles. The van der Waals surface area contributed by atoms with Crippen molar-refractivity contribution in [2.24, 2.45) is 5.41 Å². The number of fused-ring (bicyclic) bond motifs is 1. The van der Waals surface area contributed by atoms with E-state index < -0.39 is 11.7 Å². The second-order valence-electron chi connectivity index (χ2n) is 5.63. The Bertz CT molecular complexity index is 597. The van der Waals surface area contributed by atoms with E-state index in [-0.39, 0.29) is 5.41 Å². The molecular formula is C15H15Br2NO3. The van der Waals surface area contributed by atoms with Gasteiger partial charge < -0.3 is 9.64 Å². The number of hydrogen-bond acceptors (Lipinski definition) is 3. The summed E-state index contributed by atoms with van der Waals surface area (Å²) in [6.45, 7) is 1.95. The summed E-state index contributed by atoms with van der Waals surface area (Å²) in [7, 11) is 0. The first-order chi connectivity index (χ1) is 10.1. The number of alkyl halides is 1. The SMILES string of the molecule is O=C1C(=O)N(CC2(CBr)CCOCC2)c2cc(Br)ccc21. The van der Waals surface area contributed by atoms with Crippen LogP contribution in [0.2, 0.25) is 0 Å². The van der Waals surface area contributed by atoms with Crippen LogP contribution in [-0.2, 0) is 9.53 Å². The highest BCUT2D eigenvalue weighted by atomic mass is 79.9. The van der Waals surface area contributed by atoms with Crippen LogP contribution in [0.25, 0.3) is 0 Å². The van der Waals surface area contributed by atoms with Crippen LogP contribution in [0, 0.1) is 5.41 Å². The third-order valence-corrected chi connectivity index (χ3v) is 5.95. The van der Waals surface area contributed by atoms with Gasteiger partial charge in [0.15, 0.2) is 0 Å². The van der Waals surface area contributed by atoms with Crippen molar-refractivity contribution in [3.05, 3.63) is 28.2 Å². The third-order valence-electron chi connectivity index (χ3n) is 4.27. The third kappa shape index (κ3) is 2.69. The van der Waals surface area contributed by atoms with Gasteiger partial charge in [-0.25, -0.2) is 0 Å². The van der Waals surface area contributed by atoms with Crippen LogP contribution in [0.3, 0.4) is 0 Å². The average Bonchev–Trinajstić information content (AvgIpc) is 2.73. The van der Waals surface area contributed by atoms with Gasteiger partial charge in [0.2, 0.25) is 0 Å². The zero-order valence-electron chi connectivity index (χ0n) is 11.4. The summed E-state index contributed by atoms with van der Waals surface area (Å²) in [6, 6.07) is 5.35. The van der Waals surface area contributed by atoms with Crippen LogP contribution >= 0.6 is 31.9 Å². The van der Waals surface area contributed by atoms with Gasteiger partial charge in [0.1, 0.15) is 0 Å². The molecule has 2 aliphatic heterocycles. The highest BCUT2D eigenvalue weighted by Crippen LogP contribution is 2.39. The van der Waals surface area contributed by atoms with Gasteiger partial charge >= 0.3 is 0 Å². The molecular weight excluding hydrogens is 402 g/mol. The van der Waals surface area contributed by atoms with Crippen molar-refractivity contribution in [1.82, 2.24) is 0 Å². The fraction of sp³-hybridized carbons (Fsp3) is 0.467. The molecule has 0 N–H and O–H groups in total. The molecule has 1 amide bonds. The van der Waals surface area contributed by atoms with E-state index in [0.29, 0.717) is 31.0 Å². The van der Waals surface area contributed by atoms with Crippen LogP contribution in [0.15, 0.2) is 22.7 Å². The Morgan fingerprint density at radius 1 is 1.24 bits per heavy atom. The van der Waals surface area contributed by atoms with Crippen LogP contribution < -0.4 is 4.90 Å². The Kier molecular flexibility index (Phi) is 4.21. The van der Waals surface area contributed by atoms with Crippen molar-refractivity contribution < 1.29 is 14.3 Å². The topological polar surface area (TPSA) is 46.6 Å². The Labute approximate surface area is 140 Å². The van der Waals surface area contributed by atoms with Gasteiger partial charge in [-0.1, -0.05) is 31.9 Å². The number of halogens is 2. The summed E-state index contributed by atoms with van der Waals surface area (Å²) < 4.78 is 6.30. The zero-order chi connectivity index (χ0) is 15.0. The summed E-state index contributed by atoms with van der Waals surface area (Å²) in [5.41, 5.74) is 1.18. The number of anilines is 1. The largest absolute Gasteiger partial charge is 0.381 e. The molecule has 112 valence electrons. The molecule has 3 rings (SSSR count). The minimum absolute atomic E-state index is 0.0296. The summed E-state index contributed by atoms with van der Waals surface area (Å²) in [6.07, 6.45) is 1.78. The molecule has 2 heterocycles. The summed E-state index contributed by atoms with van der Waals surface area (Å²) in [5.74, 6) is -0.829. The molecule has 0 unspecified atom stereocenters. The number of carbonyl (C=O) groups is 2. The molecule has 0 spiro atoms. The molecule has 1 saturated heterocycles. The fourth-order valence-corrected chi connectivity index (χ4v) is 3.99. The maximum absolute atomic E-state index is 12.3. The predicted octanol–water partition coefficient (Wildman–Crippen LogP) is 3.17. The first-order valence-corrected chi connectivity index (χ1v) is 8.77. The molecule has 2 aliphatic rings. The van der Waals surface area contributed by atoms with Gasteiger partial charge in [-0.3, -0.25) is 9.59 Å². The minimum Gasteiger partial charge on any atom is -0.381 e. The summed E-state index contributed by atoms with van der Waals surface area (Å²) >= 11 is 6.99. The lowest BCUT2D eigenvalue weighted by molar-refractivity contribution is -0.114. The number of Topliss-reactive ketones (excluding diaryl/α,β-unsaturated/α-hetero) is 1. The van der Waals surface area contributed by atoms with Crippen molar-refractivity contribution in [2.75, 3.05) is 30.0 Å². The Morgan fingerprint density at radius 3 is 2.62 bits per heavy atom. The van der Waals surface area contributed by atoms with Crippen LogP contribution in [0.1, 0.15) is 23.2 Å². The summed E-state index contributed by atoms with van der Waals surface area (Å²) in [4.78, 5) is 26.1. The predicted molar refractivity (Wildman–Crippen MR) is 87.1 cm³/mol. The first-order valence-electron chi connectivity index (χ1n) is 6.86. The number of benzene rings is 1. The van der Waals surface area contributed by atoms with E-state index in [1.165, 1.54) is 0 Å². The number of ether oxygens (including phenoxy) is 1. The van der Waals surface area contributed by atoms with Crippen LogP contribution in [0.5, 0.6) is 0 Å². The van der Waals surface area contributed by atoms with E-state index in [1.54, 1.807) is 17.0 Å². The lowest BCUT2D eigenvalue weighted by atomic mass is 9.82. The van der Waals surface area contributed by atoms with E-state index in [1.807, 2.05) is 6.07 Å². The number of rotatable bonds is 3. The maximum Gasteiger partial charge on any atom is 0.299 e. The zero-order valence-corrected chi connectivity index (χ0v) is 14.6. The van der Waals surface area contributed by atoms with Crippen molar-refractivity contribution in [3.63, 3.8) is 0 Å². The van der Waals surface area contributed by atoms with Gasteiger partial charge in [0, 0.05) is 35.0 Å².